The first-order chi connectivity index (χ1) is 18.8. The van der Waals surface area contributed by atoms with Gasteiger partial charge < -0.3 is 25.2 Å². The highest BCUT2D eigenvalue weighted by Gasteiger charge is 2.55. The van der Waals surface area contributed by atoms with Gasteiger partial charge in [0.05, 0.1) is 0 Å². The monoisotopic (exact) mass is 526 g/mol. The summed E-state index contributed by atoms with van der Waals surface area (Å²) in [6.07, 6.45) is 10.5. The van der Waals surface area contributed by atoms with Crippen molar-refractivity contribution in [3.8, 4) is 11.1 Å². The first-order valence-corrected chi connectivity index (χ1v) is 12.9. The number of hydrogen-bond acceptors (Lipinski definition) is 5. The van der Waals surface area contributed by atoms with E-state index in [1.807, 2.05) is 55.5 Å². The van der Waals surface area contributed by atoms with E-state index in [0.717, 1.165) is 42.1 Å². The molecule has 3 N–H and O–H groups in total. The highest BCUT2D eigenvalue weighted by atomic mass is 16.6. The van der Waals surface area contributed by atoms with Crippen LogP contribution in [0.25, 0.3) is 11.1 Å². The van der Waals surface area contributed by atoms with E-state index in [9.17, 15) is 19.5 Å². The highest BCUT2D eigenvalue weighted by Crippen LogP contribution is 2.43. The lowest BCUT2D eigenvalue weighted by atomic mass is 9.79. The molecule has 1 heterocycles. The van der Waals surface area contributed by atoms with Gasteiger partial charge in [0, 0.05) is 12.1 Å². The van der Waals surface area contributed by atoms with Crippen LogP contribution in [0.2, 0.25) is 0 Å². The summed E-state index contributed by atoms with van der Waals surface area (Å²) in [4.78, 5) is 41.2. The van der Waals surface area contributed by atoms with Crippen molar-refractivity contribution in [1.82, 2.24) is 4.90 Å². The van der Waals surface area contributed by atoms with Crippen molar-refractivity contribution in [1.29, 1.82) is 0 Å². The van der Waals surface area contributed by atoms with Crippen molar-refractivity contribution in [2.24, 2.45) is 11.7 Å². The first-order valence-electron chi connectivity index (χ1n) is 12.9. The number of aliphatic carboxylic acids is 1. The van der Waals surface area contributed by atoms with Crippen LogP contribution in [-0.4, -0.2) is 39.9 Å². The van der Waals surface area contributed by atoms with Gasteiger partial charge in [0.2, 0.25) is 11.3 Å². The molecule has 8 nitrogen and oxygen atoms in total. The number of carbonyl (C=O) groups excluding carboxylic acids is 2. The van der Waals surface area contributed by atoms with Crippen molar-refractivity contribution >= 4 is 17.8 Å². The van der Waals surface area contributed by atoms with Crippen molar-refractivity contribution in [3.63, 3.8) is 0 Å². The van der Waals surface area contributed by atoms with Crippen LogP contribution in [0, 0.1) is 12.8 Å². The van der Waals surface area contributed by atoms with E-state index in [-0.39, 0.29) is 24.1 Å². The Morgan fingerprint density at radius 2 is 1.79 bits per heavy atom. The SMILES string of the molecule is Cc1ccc(-c2ccccc2C(=O)N(CC2CC2)C(C(N)=O)(C2=CC=CCC2)C2=COC(C(=O)O)=CO2)cc1. The summed E-state index contributed by atoms with van der Waals surface area (Å²) in [5, 5.41) is 9.34. The number of carboxylic acids is 1. The summed E-state index contributed by atoms with van der Waals surface area (Å²) in [6, 6.07) is 15.2. The Bertz CT molecular complexity index is 1430. The zero-order chi connectivity index (χ0) is 27.6. The third kappa shape index (κ3) is 4.97. The van der Waals surface area contributed by atoms with Crippen LogP contribution in [0.1, 0.15) is 41.6 Å². The van der Waals surface area contributed by atoms with Crippen molar-refractivity contribution in [2.75, 3.05) is 6.54 Å². The average molecular weight is 527 g/mol. The van der Waals surface area contributed by atoms with Gasteiger partial charge >= 0.3 is 5.97 Å². The van der Waals surface area contributed by atoms with Gasteiger partial charge in [-0.3, -0.25) is 9.59 Å². The molecule has 0 bridgehead atoms. The predicted molar refractivity (Wildman–Crippen MR) is 145 cm³/mol. The number of hydrogen-bond donors (Lipinski definition) is 2. The number of amides is 2. The summed E-state index contributed by atoms with van der Waals surface area (Å²) in [5.74, 6) is -2.83. The van der Waals surface area contributed by atoms with E-state index >= 15 is 0 Å². The highest BCUT2D eigenvalue weighted by molar-refractivity contribution is 6.06. The Morgan fingerprint density at radius 1 is 1.05 bits per heavy atom. The third-order valence-corrected chi connectivity index (χ3v) is 7.30. The smallest absolute Gasteiger partial charge is 0.375 e. The maximum atomic E-state index is 14.6. The lowest BCUT2D eigenvalue weighted by Gasteiger charge is -2.44. The molecule has 5 rings (SSSR count). The average Bonchev–Trinajstić information content (AvgIpc) is 3.78. The second-order valence-corrected chi connectivity index (χ2v) is 10.0. The third-order valence-electron chi connectivity index (χ3n) is 7.30. The molecule has 0 spiro atoms. The minimum absolute atomic E-state index is 0.0524. The van der Waals surface area contributed by atoms with E-state index in [1.54, 1.807) is 18.2 Å². The molecule has 3 aliphatic rings. The minimum atomic E-state index is -1.83. The van der Waals surface area contributed by atoms with Gasteiger partial charge in [0.1, 0.15) is 12.5 Å². The normalized spacial score (nSPS) is 17.9. The molecule has 39 heavy (non-hydrogen) atoms. The molecule has 0 radical (unpaired) electrons. The molecule has 1 saturated carbocycles. The molecule has 2 aliphatic carbocycles. The van der Waals surface area contributed by atoms with Crippen LogP contribution < -0.4 is 5.73 Å². The Labute approximate surface area is 226 Å². The van der Waals surface area contributed by atoms with Crippen LogP contribution in [0.4, 0.5) is 0 Å². The Morgan fingerprint density at radius 3 is 2.38 bits per heavy atom. The van der Waals surface area contributed by atoms with Crippen molar-refractivity contribution < 1.29 is 29.0 Å². The van der Waals surface area contributed by atoms with Crippen LogP contribution in [0.3, 0.4) is 0 Å². The fourth-order valence-corrected chi connectivity index (χ4v) is 5.07. The Kier molecular flexibility index (Phi) is 7.11. The molecule has 0 aromatic heterocycles. The topological polar surface area (TPSA) is 119 Å². The van der Waals surface area contributed by atoms with E-state index in [0.29, 0.717) is 24.0 Å². The van der Waals surface area contributed by atoms with Gasteiger partial charge in [-0.25, -0.2) is 4.79 Å². The van der Waals surface area contributed by atoms with Crippen molar-refractivity contribution in [3.05, 3.63) is 108 Å². The molecule has 1 unspecified atom stereocenters. The number of rotatable bonds is 9. The largest absolute Gasteiger partial charge is 0.475 e. The molecular formula is C31H30N2O6. The van der Waals surface area contributed by atoms with Gasteiger partial charge in [0.25, 0.3) is 11.8 Å². The second kappa shape index (κ2) is 10.6. The lowest BCUT2D eigenvalue weighted by molar-refractivity contribution is -0.136. The number of benzene rings is 2. The number of aryl methyl sites for hydroxylation is 1. The summed E-state index contributed by atoms with van der Waals surface area (Å²) >= 11 is 0. The maximum Gasteiger partial charge on any atom is 0.375 e. The number of primary amides is 1. The van der Waals surface area contributed by atoms with E-state index in [1.165, 1.54) is 4.90 Å². The summed E-state index contributed by atoms with van der Waals surface area (Å²) < 4.78 is 11.1. The maximum absolute atomic E-state index is 14.6. The van der Waals surface area contributed by atoms with E-state index in [4.69, 9.17) is 15.2 Å². The molecule has 0 saturated heterocycles. The quantitative estimate of drug-likeness (QED) is 0.483. The number of nitrogens with zero attached hydrogens (tertiary/aromatic N) is 1. The molecule has 2 aromatic rings. The minimum Gasteiger partial charge on any atom is -0.475 e. The zero-order valence-electron chi connectivity index (χ0n) is 21.6. The molecule has 1 aliphatic heterocycles. The molecular weight excluding hydrogens is 496 g/mol. The lowest BCUT2D eigenvalue weighted by Crippen LogP contribution is -2.63. The number of carbonyl (C=O) groups is 3. The first kappa shape index (κ1) is 26.0. The van der Waals surface area contributed by atoms with E-state index < -0.39 is 23.2 Å². The fourth-order valence-electron chi connectivity index (χ4n) is 5.07. The molecule has 1 fully saturated rings. The summed E-state index contributed by atoms with van der Waals surface area (Å²) in [5.41, 5.74) is 8.04. The molecule has 2 amide bonds. The van der Waals surface area contributed by atoms with Gasteiger partial charge in [-0.15, -0.1) is 0 Å². The molecule has 200 valence electrons. The van der Waals surface area contributed by atoms with Gasteiger partial charge in [-0.2, -0.15) is 0 Å². The van der Waals surface area contributed by atoms with Crippen LogP contribution >= 0.6 is 0 Å². The summed E-state index contributed by atoms with van der Waals surface area (Å²) in [7, 11) is 0. The van der Waals surface area contributed by atoms with Crippen LogP contribution in [-0.2, 0) is 19.1 Å². The second-order valence-electron chi connectivity index (χ2n) is 10.0. The number of ether oxygens (including phenoxy) is 2. The number of nitrogens with two attached hydrogens (primary N) is 1. The van der Waals surface area contributed by atoms with Gasteiger partial charge in [-0.1, -0.05) is 66.3 Å². The zero-order valence-corrected chi connectivity index (χ0v) is 21.6. The number of allylic oxidation sites excluding steroid dienone is 3. The van der Waals surface area contributed by atoms with Gasteiger partial charge in [0.15, 0.2) is 5.76 Å². The Balaban J connectivity index is 1.68. The Hall–Kier alpha value is -4.59. The summed E-state index contributed by atoms with van der Waals surface area (Å²) in [6.45, 7) is 2.26. The fraction of sp³-hybridized carbons (Fsp3) is 0.258. The van der Waals surface area contributed by atoms with Crippen molar-refractivity contribution in [2.45, 2.75) is 38.1 Å². The van der Waals surface area contributed by atoms with Crippen LogP contribution in [0.5, 0.6) is 0 Å². The van der Waals surface area contributed by atoms with E-state index in [2.05, 4.69) is 0 Å². The number of carboxylic acid groups (broad SMARTS) is 1. The molecule has 8 heteroatoms. The molecule has 1 atom stereocenters. The van der Waals surface area contributed by atoms with Gasteiger partial charge in [-0.05, 0) is 61.3 Å². The molecule has 2 aromatic carbocycles. The van der Waals surface area contributed by atoms with Crippen LogP contribution in [0.15, 0.2) is 96.4 Å². The standard InChI is InChI=1S/C31H30N2O6/c1-20-11-15-22(16-12-20)24-9-5-6-10-25(24)28(34)33(17-21-13-14-21)31(30(32)37,23-7-3-2-4-8-23)27-19-38-26(18-39-27)29(35)36/h2-3,5-7,9-12,15-16,18-19,21H,4,8,13-14,17H2,1H3,(H2,32,37)(H,35,36). The predicted octanol–water partition coefficient (Wildman–Crippen LogP) is 4.83.